The molecule has 0 aliphatic carbocycles. The molecule has 1 aromatic carbocycles. The lowest BCUT2D eigenvalue weighted by molar-refractivity contribution is -0.121. The summed E-state index contributed by atoms with van der Waals surface area (Å²) in [4.78, 5) is 11.0. The average molecular weight is 268 g/mol. The number of rotatable bonds is 7. The summed E-state index contributed by atoms with van der Waals surface area (Å²) in [5, 5.41) is 5.72. The van der Waals surface area contributed by atoms with E-state index in [4.69, 9.17) is 4.74 Å². The molecule has 0 spiro atoms. The molecule has 0 aliphatic rings. The third-order valence-electron chi connectivity index (χ3n) is 2.52. The first-order chi connectivity index (χ1) is 9.01. The standard InChI is InChI=1S/C14H21FN2O2/c1-10(2)17-9-11-6-12(15)8-13(7-11)19-5-4-14(18)16-3/h6-8,10,17H,4-5,9H2,1-3H3,(H,16,18). The van der Waals surface area contributed by atoms with E-state index in [1.807, 2.05) is 13.8 Å². The van der Waals surface area contributed by atoms with Gasteiger partial charge in [-0.05, 0) is 17.7 Å². The quantitative estimate of drug-likeness (QED) is 0.793. The summed E-state index contributed by atoms with van der Waals surface area (Å²) in [5.41, 5.74) is 0.823. The van der Waals surface area contributed by atoms with Crippen LogP contribution in [-0.4, -0.2) is 25.6 Å². The largest absolute Gasteiger partial charge is 0.493 e. The fourth-order valence-electron chi connectivity index (χ4n) is 1.51. The van der Waals surface area contributed by atoms with Gasteiger partial charge in [0.05, 0.1) is 13.0 Å². The van der Waals surface area contributed by atoms with Crippen LogP contribution in [0.3, 0.4) is 0 Å². The van der Waals surface area contributed by atoms with Gasteiger partial charge in [-0.25, -0.2) is 4.39 Å². The summed E-state index contributed by atoms with van der Waals surface area (Å²) in [7, 11) is 1.57. The third-order valence-corrected chi connectivity index (χ3v) is 2.52. The van der Waals surface area contributed by atoms with E-state index in [0.717, 1.165) is 5.56 Å². The number of hydrogen-bond acceptors (Lipinski definition) is 3. The van der Waals surface area contributed by atoms with Gasteiger partial charge in [0.25, 0.3) is 0 Å². The number of carbonyl (C=O) groups is 1. The van der Waals surface area contributed by atoms with Gasteiger partial charge in [0.1, 0.15) is 11.6 Å². The summed E-state index contributed by atoms with van der Waals surface area (Å²) in [5.74, 6) is 0.0144. The Morgan fingerprint density at radius 1 is 1.37 bits per heavy atom. The van der Waals surface area contributed by atoms with E-state index < -0.39 is 0 Å². The lowest BCUT2D eigenvalue weighted by Crippen LogP contribution is -2.22. The van der Waals surface area contributed by atoms with Crippen LogP contribution in [0.25, 0.3) is 0 Å². The molecule has 0 saturated heterocycles. The van der Waals surface area contributed by atoms with E-state index >= 15 is 0 Å². The molecular formula is C14H21FN2O2. The van der Waals surface area contributed by atoms with E-state index in [0.29, 0.717) is 18.3 Å². The molecule has 106 valence electrons. The van der Waals surface area contributed by atoms with Crippen LogP contribution in [0.1, 0.15) is 25.8 Å². The SMILES string of the molecule is CNC(=O)CCOc1cc(F)cc(CNC(C)C)c1. The van der Waals surface area contributed by atoms with E-state index in [2.05, 4.69) is 10.6 Å². The maximum atomic E-state index is 13.4. The van der Waals surface area contributed by atoms with Gasteiger partial charge in [-0.15, -0.1) is 0 Å². The molecule has 5 heteroatoms. The second-order valence-corrected chi connectivity index (χ2v) is 4.60. The Balaban J connectivity index is 2.55. The fourth-order valence-corrected chi connectivity index (χ4v) is 1.51. The van der Waals surface area contributed by atoms with Crippen LogP contribution in [-0.2, 0) is 11.3 Å². The Bertz CT molecular complexity index is 422. The van der Waals surface area contributed by atoms with Crippen molar-refractivity contribution in [2.75, 3.05) is 13.7 Å². The molecule has 0 saturated carbocycles. The molecule has 0 fully saturated rings. The number of halogens is 1. The molecule has 0 aliphatic heterocycles. The van der Waals surface area contributed by atoms with Gasteiger partial charge in [-0.3, -0.25) is 4.79 Å². The first-order valence-electron chi connectivity index (χ1n) is 6.37. The van der Waals surface area contributed by atoms with Crippen LogP contribution in [0.4, 0.5) is 4.39 Å². The first-order valence-corrected chi connectivity index (χ1v) is 6.37. The van der Waals surface area contributed by atoms with Crippen molar-refractivity contribution in [2.24, 2.45) is 0 Å². The second kappa shape index (κ2) is 7.74. The summed E-state index contributed by atoms with van der Waals surface area (Å²) in [6.07, 6.45) is 0.257. The molecule has 4 nitrogen and oxygen atoms in total. The number of amides is 1. The highest BCUT2D eigenvalue weighted by atomic mass is 19.1. The Hall–Kier alpha value is -1.62. The van der Waals surface area contributed by atoms with Crippen LogP contribution in [0, 0.1) is 5.82 Å². The zero-order valence-corrected chi connectivity index (χ0v) is 11.6. The van der Waals surface area contributed by atoms with E-state index in [9.17, 15) is 9.18 Å². The molecule has 19 heavy (non-hydrogen) atoms. The summed E-state index contributed by atoms with van der Waals surface area (Å²) in [6.45, 7) is 4.88. The highest BCUT2D eigenvalue weighted by Gasteiger charge is 2.04. The fraction of sp³-hybridized carbons (Fsp3) is 0.500. The van der Waals surface area contributed by atoms with Gasteiger partial charge in [-0.1, -0.05) is 13.8 Å². The predicted molar refractivity (Wildman–Crippen MR) is 72.6 cm³/mol. The average Bonchev–Trinajstić information content (AvgIpc) is 2.35. The minimum Gasteiger partial charge on any atom is -0.493 e. The third kappa shape index (κ3) is 6.20. The zero-order valence-electron chi connectivity index (χ0n) is 11.6. The maximum Gasteiger partial charge on any atom is 0.223 e. The van der Waals surface area contributed by atoms with Crippen molar-refractivity contribution in [3.8, 4) is 5.75 Å². The molecule has 1 amide bonds. The van der Waals surface area contributed by atoms with E-state index in [-0.39, 0.29) is 24.8 Å². The van der Waals surface area contributed by atoms with Crippen molar-refractivity contribution < 1.29 is 13.9 Å². The van der Waals surface area contributed by atoms with Crippen LogP contribution < -0.4 is 15.4 Å². The van der Waals surface area contributed by atoms with Crippen LogP contribution in [0.2, 0.25) is 0 Å². The Kier molecular flexibility index (Phi) is 6.29. The van der Waals surface area contributed by atoms with Crippen molar-refractivity contribution in [1.82, 2.24) is 10.6 Å². The van der Waals surface area contributed by atoms with Gasteiger partial charge in [-0.2, -0.15) is 0 Å². The molecule has 0 aromatic heterocycles. The van der Waals surface area contributed by atoms with Crippen molar-refractivity contribution >= 4 is 5.91 Å². The van der Waals surface area contributed by atoms with Crippen LogP contribution in [0.15, 0.2) is 18.2 Å². The Morgan fingerprint density at radius 2 is 2.11 bits per heavy atom. The van der Waals surface area contributed by atoms with Gasteiger partial charge in [0, 0.05) is 25.7 Å². The molecule has 0 unspecified atom stereocenters. The summed E-state index contributed by atoms with van der Waals surface area (Å²) >= 11 is 0. The lowest BCUT2D eigenvalue weighted by atomic mass is 10.2. The smallest absolute Gasteiger partial charge is 0.223 e. The molecule has 2 N–H and O–H groups in total. The van der Waals surface area contributed by atoms with Gasteiger partial charge in [0.2, 0.25) is 5.91 Å². The molecule has 0 atom stereocenters. The zero-order chi connectivity index (χ0) is 14.3. The highest BCUT2D eigenvalue weighted by Crippen LogP contribution is 2.16. The molecule has 1 rings (SSSR count). The number of benzene rings is 1. The molecule has 0 heterocycles. The molecule has 0 bridgehead atoms. The van der Waals surface area contributed by atoms with Crippen LogP contribution in [0.5, 0.6) is 5.75 Å². The topological polar surface area (TPSA) is 50.4 Å². The van der Waals surface area contributed by atoms with Crippen LogP contribution >= 0.6 is 0 Å². The first kappa shape index (κ1) is 15.4. The molecule has 1 aromatic rings. The Morgan fingerprint density at radius 3 is 2.74 bits per heavy atom. The number of nitrogens with one attached hydrogen (secondary N) is 2. The number of hydrogen-bond donors (Lipinski definition) is 2. The van der Waals surface area contributed by atoms with Crippen molar-refractivity contribution in [2.45, 2.75) is 32.9 Å². The maximum absolute atomic E-state index is 13.4. The number of carbonyl (C=O) groups excluding carboxylic acids is 1. The molecular weight excluding hydrogens is 247 g/mol. The van der Waals surface area contributed by atoms with E-state index in [1.165, 1.54) is 12.1 Å². The second-order valence-electron chi connectivity index (χ2n) is 4.60. The van der Waals surface area contributed by atoms with Gasteiger partial charge < -0.3 is 15.4 Å². The lowest BCUT2D eigenvalue weighted by Gasteiger charge is -2.11. The number of ether oxygens (including phenoxy) is 1. The minimum atomic E-state index is -0.335. The van der Waals surface area contributed by atoms with Crippen molar-refractivity contribution in [1.29, 1.82) is 0 Å². The normalized spacial score (nSPS) is 10.6. The Labute approximate surface area is 113 Å². The summed E-state index contributed by atoms with van der Waals surface area (Å²) in [6, 6.07) is 4.91. The summed E-state index contributed by atoms with van der Waals surface area (Å²) < 4.78 is 18.8. The minimum absolute atomic E-state index is 0.0990. The van der Waals surface area contributed by atoms with Gasteiger partial charge in [0.15, 0.2) is 0 Å². The van der Waals surface area contributed by atoms with Crippen molar-refractivity contribution in [3.63, 3.8) is 0 Å². The molecule has 0 radical (unpaired) electrons. The highest BCUT2D eigenvalue weighted by molar-refractivity contribution is 5.75. The monoisotopic (exact) mass is 268 g/mol. The van der Waals surface area contributed by atoms with E-state index in [1.54, 1.807) is 13.1 Å². The predicted octanol–water partition coefficient (Wildman–Crippen LogP) is 1.84. The van der Waals surface area contributed by atoms with Crippen molar-refractivity contribution in [3.05, 3.63) is 29.6 Å². The van der Waals surface area contributed by atoms with Gasteiger partial charge >= 0.3 is 0 Å².